The van der Waals surface area contributed by atoms with Gasteiger partial charge in [-0.1, -0.05) is 133 Å². The summed E-state index contributed by atoms with van der Waals surface area (Å²) in [5.41, 5.74) is 11.1. The minimum Gasteiger partial charge on any atom is -0.456 e. The molecule has 0 N–H and O–H groups in total. The molecule has 2 aromatic heterocycles. The van der Waals surface area contributed by atoms with E-state index >= 15 is 0 Å². The fourth-order valence-corrected chi connectivity index (χ4v) is 7.43. The summed E-state index contributed by atoms with van der Waals surface area (Å²) in [7, 11) is 0. The van der Waals surface area contributed by atoms with Gasteiger partial charge in [0.15, 0.2) is 0 Å². The Morgan fingerprint density at radius 2 is 0.980 bits per heavy atom. The number of nitrogens with zero attached hydrogens (tertiary/aromatic N) is 1. The lowest BCUT2D eigenvalue weighted by Crippen LogP contribution is -2.12. The van der Waals surface area contributed by atoms with Crippen molar-refractivity contribution in [2.24, 2.45) is 0 Å². The van der Waals surface area contributed by atoms with Crippen LogP contribution < -0.4 is 4.90 Å². The predicted molar refractivity (Wildman–Crippen MR) is 204 cm³/mol. The van der Waals surface area contributed by atoms with Crippen LogP contribution in [0.3, 0.4) is 0 Å². The summed E-state index contributed by atoms with van der Waals surface area (Å²) in [6.45, 7) is 0. The monoisotopic (exact) mass is 627 g/mol. The van der Waals surface area contributed by atoms with Gasteiger partial charge < -0.3 is 13.7 Å². The van der Waals surface area contributed by atoms with E-state index in [0.29, 0.717) is 0 Å². The van der Waals surface area contributed by atoms with Crippen molar-refractivity contribution < 1.29 is 8.83 Å². The summed E-state index contributed by atoms with van der Waals surface area (Å²) < 4.78 is 13.1. The molecule has 0 aliphatic rings. The maximum Gasteiger partial charge on any atom is 0.143 e. The molecule has 0 saturated heterocycles. The second-order valence-electron chi connectivity index (χ2n) is 12.5. The van der Waals surface area contributed by atoms with Gasteiger partial charge in [-0.05, 0) is 53.4 Å². The number of para-hydroxylation sites is 4. The molecule has 0 radical (unpaired) electrons. The third kappa shape index (κ3) is 4.37. The zero-order valence-corrected chi connectivity index (χ0v) is 26.5. The van der Waals surface area contributed by atoms with E-state index in [1.165, 1.54) is 5.39 Å². The fraction of sp³-hybridized carbons (Fsp3) is 0. The Kier molecular flexibility index (Phi) is 6.18. The minimum atomic E-state index is 0.869. The summed E-state index contributed by atoms with van der Waals surface area (Å²) in [4.78, 5) is 2.38. The number of hydrogen-bond donors (Lipinski definition) is 0. The van der Waals surface area contributed by atoms with Gasteiger partial charge in [0.1, 0.15) is 22.3 Å². The summed E-state index contributed by atoms with van der Waals surface area (Å²) >= 11 is 0. The predicted octanol–water partition coefficient (Wildman–Crippen LogP) is 13.4. The van der Waals surface area contributed by atoms with Gasteiger partial charge in [0.2, 0.25) is 0 Å². The molecule has 0 bridgehead atoms. The van der Waals surface area contributed by atoms with Crippen molar-refractivity contribution in [3.63, 3.8) is 0 Å². The number of rotatable bonds is 5. The number of fused-ring (bicyclic) bond motifs is 8. The van der Waals surface area contributed by atoms with Crippen molar-refractivity contribution in [2.75, 3.05) is 4.90 Å². The molecule has 230 valence electrons. The van der Waals surface area contributed by atoms with E-state index in [0.717, 1.165) is 88.6 Å². The summed E-state index contributed by atoms with van der Waals surface area (Å²) in [6, 6.07) is 62.0. The maximum atomic E-state index is 6.86. The van der Waals surface area contributed by atoms with Crippen LogP contribution in [0.1, 0.15) is 0 Å². The molecular formula is C46H29NO2. The van der Waals surface area contributed by atoms with Gasteiger partial charge >= 0.3 is 0 Å². The zero-order chi connectivity index (χ0) is 32.3. The lowest BCUT2D eigenvalue weighted by atomic mass is 9.97. The molecule has 8 aromatic carbocycles. The van der Waals surface area contributed by atoms with Crippen LogP contribution in [-0.2, 0) is 0 Å². The molecule has 0 spiro atoms. The van der Waals surface area contributed by atoms with Crippen LogP contribution in [0.25, 0.3) is 76.9 Å². The van der Waals surface area contributed by atoms with Crippen molar-refractivity contribution in [1.29, 1.82) is 0 Å². The number of benzene rings is 8. The van der Waals surface area contributed by atoms with Crippen LogP contribution in [0.2, 0.25) is 0 Å². The van der Waals surface area contributed by atoms with Crippen LogP contribution in [-0.4, -0.2) is 0 Å². The Labute approximate surface area is 282 Å². The highest BCUT2D eigenvalue weighted by Crippen LogP contribution is 2.48. The van der Waals surface area contributed by atoms with E-state index < -0.39 is 0 Å². The second-order valence-corrected chi connectivity index (χ2v) is 12.5. The van der Waals surface area contributed by atoms with Gasteiger partial charge in [-0.15, -0.1) is 0 Å². The van der Waals surface area contributed by atoms with Gasteiger partial charge in [0.25, 0.3) is 0 Å². The molecule has 49 heavy (non-hydrogen) atoms. The topological polar surface area (TPSA) is 29.5 Å². The Morgan fingerprint density at radius 3 is 1.86 bits per heavy atom. The number of anilines is 3. The molecule has 0 saturated carbocycles. The van der Waals surface area contributed by atoms with Gasteiger partial charge in [0, 0.05) is 49.3 Å². The Hall–Kier alpha value is -6.58. The minimum absolute atomic E-state index is 0.869. The fourth-order valence-electron chi connectivity index (χ4n) is 7.43. The van der Waals surface area contributed by atoms with Crippen molar-refractivity contribution in [3.8, 4) is 22.3 Å². The first-order valence-electron chi connectivity index (χ1n) is 16.6. The molecule has 10 aromatic rings. The maximum absolute atomic E-state index is 6.86. The third-order valence-electron chi connectivity index (χ3n) is 9.67. The first-order valence-corrected chi connectivity index (χ1v) is 16.6. The average Bonchev–Trinajstić information content (AvgIpc) is 3.74. The van der Waals surface area contributed by atoms with E-state index in [-0.39, 0.29) is 0 Å². The molecule has 3 heteroatoms. The average molecular weight is 628 g/mol. The molecule has 0 amide bonds. The van der Waals surface area contributed by atoms with Gasteiger partial charge in [0.05, 0.1) is 11.4 Å². The van der Waals surface area contributed by atoms with Crippen molar-refractivity contribution in [2.45, 2.75) is 0 Å². The molecule has 3 nitrogen and oxygen atoms in total. The van der Waals surface area contributed by atoms with Crippen LogP contribution in [0.15, 0.2) is 185 Å². The molecule has 2 heterocycles. The highest BCUT2D eigenvalue weighted by molar-refractivity contribution is 6.18. The summed E-state index contributed by atoms with van der Waals surface area (Å²) in [5.74, 6) is 0. The molecular weight excluding hydrogens is 599 g/mol. The normalized spacial score (nSPS) is 11.7. The molecule has 0 unspecified atom stereocenters. The number of hydrogen-bond acceptors (Lipinski definition) is 3. The van der Waals surface area contributed by atoms with Crippen LogP contribution in [0.4, 0.5) is 17.1 Å². The smallest absolute Gasteiger partial charge is 0.143 e. The standard InChI is InChI=1S/C46H29NO2/c1-2-13-30(14-3-1)33-16-6-9-22-41(33)47(32-26-28-44-40(29-32)36-19-8-11-24-43(36)48-44)42-23-10-7-18-35(42)37-20-12-21-38-39-27-25-31-15-4-5-17-34(31)45(39)49-46(37)38/h1-29H. The molecule has 0 aliphatic carbocycles. The quantitative estimate of drug-likeness (QED) is 0.190. The van der Waals surface area contributed by atoms with Crippen molar-refractivity contribution in [3.05, 3.63) is 176 Å². The first-order chi connectivity index (χ1) is 24.3. The van der Waals surface area contributed by atoms with Crippen LogP contribution in [0.5, 0.6) is 0 Å². The largest absolute Gasteiger partial charge is 0.456 e. The molecule has 0 atom stereocenters. The van der Waals surface area contributed by atoms with Crippen molar-refractivity contribution >= 4 is 71.7 Å². The summed E-state index contributed by atoms with van der Waals surface area (Å²) in [5, 5.41) is 6.70. The third-order valence-corrected chi connectivity index (χ3v) is 9.67. The van der Waals surface area contributed by atoms with Gasteiger partial charge in [-0.3, -0.25) is 0 Å². The van der Waals surface area contributed by atoms with E-state index in [2.05, 4.69) is 169 Å². The van der Waals surface area contributed by atoms with Gasteiger partial charge in [-0.2, -0.15) is 0 Å². The SMILES string of the molecule is c1ccc(-c2ccccc2N(c2ccc3oc4ccccc4c3c2)c2ccccc2-c2cccc3c2oc2c4ccccc4ccc32)cc1. The molecule has 0 aliphatic heterocycles. The summed E-state index contributed by atoms with van der Waals surface area (Å²) in [6.07, 6.45) is 0. The Balaban J connectivity index is 1.26. The lowest BCUT2D eigenvalue weighted by molar-refractivity contribution is 0.669. The highest BCUT2D eigenvalue weighted by Gasteiger charge is 2.23. The Bertz CT molecular complexity index is 2840. The molecule has 0 fully saturated rings. The van der Waals surface area contributed by atoms with Crippen LogP contribution >= 0.6 is 0 Å². The van der Waals surface area contributed by atoms with E-state index in [9.17, 15) is 0 Å². The second kappa shape index (κ2) is 11.0. The lowest BCUT2D eigenvalue weighted by Gasteiger charge is -2.30. The zero-order valence-electron chi connectivity index (χ0n) is 26.5. The first kappa shape index (κ1) is 27.5. The Morgan fingerprint density at radius 1 is 0.347 bits per heavy atom. The van der Waals surface area contributed by atoms with E-state index in [4.69, 9.17) is 8.83 Å². The van der Waals surface area contributed by atoms with Gasteiger partial charge in [-0.25, -0.2) is 0 Å². The highest BCUT2D eigenvalue weighted by atomic mass is 16.3. The molecule has 10 rings (SSSR count). The van der Waals surface area contributed by atoms with Crippen LogP contribution in [0, 0.1) is 0 Å². The number of furan rings is 2. The van der Waals surface area contributed by atoms with E-state index in [1.54, 1.807) is 0 Å². The van der Waals surface area contributed by atoms with E-state index in [1.807, 2.05) is 12.1 Å². The van der Waals surface area contributed by atoms with Crippen molar-refractivity contribution in [1.82, 2.24) is 0 Å².